The van der Waals surface area contributed by atoms with E-state index in [9.17, 15) is 14.9 Å². The zero-order valence-electron chi connectivity index (χ0n) is 7.99. The molecule has 6 heteroatoms. The van der Waals surface area contributed by atoms with E-state index in [-0.39, 0.29) is 17.1 Å². The molecule has 0 unspecified atom stereocenters. The summed E-state index contributed by atoms with van der Waals surface area (Å²) in [5, 5.41) is 10.7. The number of carbonyl (C=O) groups is 1. The van der Waals surface area contributed by atoms with Gasteiger partial charge in [-0.25, -0.2) is 0 Å². The molecule has 0 aliphatic carbocycles. The van der Waals surface area contributed by atoms with Gasteiger partial charge in [-0.05, 0) is 18.6 Å². The third kappa shape index (κ3) is 2.07. The summed E-state index contributed by atoms with van der Waals surface area (Å²) in [6.07, 6.45) is 0. The van der Waals surface area contributed by atoms with Crippen LogP contribution < -0.4 is 5.73 Å². The average molecular weight is 229 g/mol. The zero-order valence-corrected chi connectivity index (χ0v) is 8.75. The second kappa shape index (κ2) is 4.27. The van der Waals surface area contributed by atoms with Crippen LogP contribution in [0.4, 0.5) is 11.4 Å². The number of nitro benzene ring substituents is 1. The fourth-order valence-electron chi connectivity index (χ4n) is 1.28. The topological polar surface area (TPSA) is 86.2 Å². The summed E-state index contributed by atoms with van der Waals surface area (Å²) in [7, 11) is 0. The third-order valence-corrected chi connectivity index (χ3v) is 2.32. The molecule has 0 heterocycles. The van der Waals surface area contributed by atoms with Gasteiger partial charge in [-0.3, -0.25) is 14.9 Å². The number of nitrogen functional groups attached to an aromatic ring is 1. The van der Waals surface area contributed by atoms with E-state index in [2.05, 4.69) is 0 Å². The van der Waals surface area contributed by atoms with Gasteiger partial charge in [0.05, 0.1) is 10.8 Å². The van der Waals surface area contributed by atoms with E-state index >= 15 is 0 Å². The fraction of sp³-hybridized carbons (Fsp3) is 0.222. The Bertz CT molecular complexity index is 432. The predicted molar refractivity (Wildman–Crippen MR) is 57.3 cm³/mol. The number of nitro groups is 1. The van der Waals surface area contributed by atoms with Crippen LogP contribution in [0.5, 0.6) is 0 Å². The van der Waals surface area contributed by atoms with Gasteiger partial charge >= 0.3 is 0 Å². The molecular formula is C9H9ClN2O3. The molecule has 0 bridgehead atoms. The Kier molecular flexibility index (Phi) is 3.26. The number of ketones is 1. The smallest absolute Gasteiger partial charge is 0.280 e. The second-order valence-electron chi connectivity index (χ2n) is 2.99. The van der Waals surface area contributed by atoms with E-state index in [0.717, 1.165) is 0 Å². The lowest BCUT2D eigenvalue weighted by Gasteiger charge is -2.06. The maximum atomic E-state index is 11.4. The summed E-state index contributed by atoms with van der Waals surface area (Å²) in [5.41, 5.74) is 6.04. The molecule has 80 valence electrons. The maximum Gasteiger partial charge on any atom is 0.280 e. The van der Waals surface area contributed by atoms with Crippen LogP contribution in [0.2, 0.25) is 0 Å². The SMILES string of the molecule is Cc1c(N)ccc([N+](=O)[O-])c1C(=O)CCl. The highest BCUT2D eigenvalue weighted by Gasteiger charge is 2.22. The number of Topliss-reactive ketones (excluding diaryl/α,β-unsaturated/α-hetero) is 1. The first-order chi connectivity index (χ1) is 6.99. The molecular weight excluding hydrogens is 220 g/mol. The highest BCUT2D eigenvalue weighted by Crippen LogP contribution is 2.27. The Labute approximate surface area is 91.0 Å². The number of carbonyl (C=O) groups excluding carboxylic acids is 1. The molecule has 0 atom stereocenters. The van der Waals surface area contributed by atoms with Crippen LogP contribution in [0.25, 0.3) is 0 Å². The van der Waals surface area contributed by atoms with E-state index in [1.165, 1.54) is 12.1 Å². The molecule has 0 aliphatic heterocycles. The molecule has 0 saturated carbocycles. The van der Waals surface area contributed by atoms with Gasteiger partial charge in [0.2, 0.25) is 0 Å². The van der Waals surface area contributed by atoms with Crippen molar-refractivity contribution in [3.8, 4) is 0 Å². The quantitative estimate of drug-likeness (QED) is 0.281. The minimum absolute atomic E-state index is 0.00463. The fourth-order valence-corrected chi connectivity index (χ4v) is 1.42. The number of nitrogens with zero attached hydrogens (tertiary/aromatic N) is 1. The predicted octanol–water partition coefficient (Wildman–Crippen LogP) is 1.91. The second-order valence-corrected chi connectivity index (χ2v) is 3.26. The summed E-state index contributed by atoms with van der Waals surface area (Å²) >= 11 is 5.37. The van der Waals surface area contributed by atoms with Gasteiger partial charge in [-0.2, -0.15) is 0 Å². The summed E-state index contributed by atoms with van der Waals surface area (Å²) in [6, 6.07) is 2.61. The minimum atomic E-state index is -0.619. The number of hydrogen-bond donors (Lipinski definition) is 1. The first kappa shape index (κ1) is 11.5. The molecule has 0 amide bonds. The molecule has 0 radical (unpaired) electrons. The monoisotopic (exact) mass is 228 g/mol. The number of rotatable bonds is 3. The number of hydrogen-bond acceptors (Lipinski definition) is 4. The average Bonchev–Trinajstić information content (AvgIpc) is 2.20. The van der Waals surface area contributed by atoms with Gasteiger partial charge in [0.25, 0.3) is 5.69 Å². The van der Waals surface area contributed by atoms with Gasteiger partial charge in [0.1, 0.15) is 5.56 Å². The van der Waals surface area contributed by atoms with Crippen LogP contribution >= 0.6 is 11.6 Å². The van der Waals surface area contributed by atoms with Crippen molar-refractivity contribution >= 4 is 28.8 Å². The molecule has 0 fully saturated rings. The van der Waals surface area contributed by atoms with Crippen LogP contribution in [0.1, 0.15) is 15.9 Å². The zero-order chi connectivity index (χ0) is 11.6. The molecule has 1 aromatic carbocycles. The van der Waals surface area contributed by atoms with Crippen LogP contribution in [0.15, 0.2) is 12.1 Å². The van der Waals surface area contributed by atoms with Gasteiger partial charge in [-0.1, -0.05) is 0 Å². The molecule has 1 aromatic rings. The molecule has 0 spiro atoms. The highest BCUT2D eigenvalue weighted by atomic mass is 35.5. The van der Waals surface area contributed by atoms with Gasteiger partial charge in [0, 0.05) is 11.8 Å². The van der Waals surface area contributed by atoms with Crippen molar-refractivity contribution in [1.29, 1.82) is 0 Å². The van der Waals surface area contributed by atoms with Crippen molar-refractivity contribution in [3.05, 3.63) is 33.4 Å². The number of anilines is 1. The van der Waals surface area contributed by atoms with E-state index in [0.29, 0.717) is 11.3 Å². The van der Waals surface area contributed by atoms with Crippen LogP contribution in [-0.2, 0) is 0 Å². The largest absolute Gasteiger partial charge is 0.398 e. The molecule has 0 aliphatic rings. The van der Waals surface area contributed by atoms with E-state index in [4.69, 9.17) is 17.3 Å². The van der Waals surface area contributed by atoms with E-state index < -0.39 is 10.7 Å². The molecule has 2 N–H and O–H groups in total. The first-order valence-corrected chi connectivity index (χ1v) is 4.65. The van der Waals surface area contributed by atoms with Crippen LogP contribution in [0.3, 0.4) is 0 Å². The van der Waals surface area contributed by atoms with Gasteiger partial charge in [0.15, 0.2) is 5.78 Å². The van der Waals surface area contributed by atoms with E-state index in [1.54, 1.807) is 6.92 Å². The van der Waals surface area contributed by atoms with Crippen LogP contribution in [0, 0.1) is 17.0 Å². The van der Waals surface area contributed by atoms with Crippen molar-refractivity contribution in [2.45, 2.75) is 6.92 Å². The number of halogens is 1. The van der Waals surface area contributed by atoms with Crippen molar-refractivity contribution < 1.29 is 9.72 Å². The van der Waals surface area contributed by atoms with Crippen molar-refractivity contribution in [1.82, 2.24) is 0 Å². The number of alkyl halides is 1. The lowest BCUT2D eigenvalue weighted by atomic mass is 10.0. The normalized spacial score (nSPS) is 10.0. The Morgan fingerprint density at radius 3 is 2.67 bits per heavy atom. The lowest BCUT2D eigenvalue weighted by molar-refractivity contribution is -0.385. The van der Waals surface area contributed by atoms with E-state index in [1.807, 2.05) is 0 Å². The molecule has 1 rings (SSSR count). The third-order valence-electron chi connectivity index (χ3n) is 2.08. The minimum Gasteiger partial charge on any atom is -0.398 e. The molecule has 0 aromatic heterocycles. The van der Waals surface area contributed by atoms with Crippen molar-refractivity contribution in [2.75, 3.05) is 11.6 Å². The lowest BCUT2D eigenvalue weighted by Crippen LogP contribution is -2.09. The summed E-state index contributed by atoms with van der Waals surface area (Å²) in [6.45, 7) is 1.56. The van der Waals surface area contributed by atoms with Crippen LogP contribution in [-0.4, -0.2) is 16.6 Å². The Morgan fingerprint density at radius 2 is 2.20 bits per heavy atom. The number of nitrogens with two attached hydrogens (primary N) is 1. The molecule has 0 saturated heterocycles. The first-order valence-electron chi connectivity index (χ1n) is 4.11. The molecule has 5 nitrogen and oxygen atoms in total. The molecule has 15 heavy (non-hydrogen) atoms. The Balaban J connectivity index is 3.48. The maximum absolute atomic E-state index is 11.4. The summed E-state index contributed by atoms with van der Waals surface area (Å²) in [4.78, 5) is 21.5. The van der Waals surface area contributed by atoms with Gasteiger partial charge < -0.3 is 5.73 Å². The Hall–Kier alpha value is -1.62. The highest BCUT2D eigenvalue weighted by molar-refractivity contribution is 6.31. The van der Waals surface area contributed by atoms with Crippen molar-refractivity contribution in [3.63, 3.8) is 0 Å². The Morgan fingerprint density at radius 1 is 1.60 bits per heavy atom. The summed E-state index contributed by atoms with van der Waals surface area (Å²) < 4.78 is 0. The number of benzene rings is 1. The standard InChI is InChI=1S/C9H9ClN2O3/c1-5-6(11)2-3-7(12(14)15)9(5)8(13)4-10/h2-3H,4,11H2,1H3. The van der Waals surface area contributed by atoms with Crippen molar-refractivity contribution in [2.24, 2.45) is 0 Å². The van der Waals surface area contributed by atoms with Gasteiger partial charge in [-0.15, -0.1) is 11.6 Å². The summed E-state index contributed by atoms with van der Waals surface area (Å²) in [5.74, 6) is -0.793.